The van der Waals surface area contributed by atoms with Gasteiger partial charge in [0, 0.05) is 30.9 Å². The number of hydrogen-bond donors (Lipinski definition) is 2. The van der Waals surface area contributed by atoms with E-state index in [0.717, 1.165) is 36.8 Å². The van der Waals surface area contributed by atoms with Crippen LogP contribution in [-0.4, -0.2) is 35.3 Å². The molecule has 2 N–H and O–H groups in total. The Morgan fingerprint density at radius 3 is 3.26 bits per heavy atom. The monoisotopic (exact) mass is 284 g/mol. The molecule has 1 aliphatic heterocycles. The van der Waals surface area contributed by atoms with Crippen LogP contribution in [-0.2, 0) is 16.0 Å². The molecule has 2 rings (SSSR count). The van der Waals surface area contributed by atoms with Crippen molar-refractivity contribution in [3.05, 3.63) is 11.1 Å². The van der Waals surface area contributed by atoms with Crippen LogP contribution in [0.25, 0.3) is 0 Å². The van der Waals surface area contributed by atoms with Crippen molar-refractivity contribution in [3.63, 3.8) is 0 Å². The van der Waals surface area contributed by atoms with Crippen LogP contribution in [0.15, 0.2) is 5.38 Å². The first-order chi connectivity index (χ1) is 9.19. The van der Waals surface area contributed by atoms with E-state index in [0.29, 0.717) is 18.4 Å². The van der Waals surface area contributed by atoms with E-state index < -0.39 is 5.97 Å². The van der Waals surface area contributed by atoms with Gasteiger partial charge in [-0.25, -0.2) is 4.98 Å². The van der Waals surface area contributed by atoms with Crippen molar-refractivity contribution in [2.45, 2.75) is 38.7 Å². The molecule has 2 heterocycles. The minimum atomic E-state index is -0.781. The highest BCUT2D eigenvalue weighted by Crippen LogP contribution is 2.24. The molecule has 1 saturated heterocycles. The zero-order valence-corrected chi connectivity index (χ0v) is 11.9. The van der Waals surface area contributed by atoms with Crippen molar-refractivity contribution in [3.8, 4) is 0 Å². The summed E-state index contributed by atoms with van der Waals surface area (Å²) in [6.07, 6.45) is 3.14. The van der Waals surface area contributed by atoms with Crippen LogP contribution in [0.2, 0.25) is 0 Å². The minimum Gasteiger partial charge on any atom is -0.481 e. The number of aryl methyl sites for hydroxylation is 1. The first-order valence-corrected chi connectivity index (χ1v) is 7.58. The SMILES string of the molecule is CCC1OCCC1CNc1nc(CCC(=O)O)cs1. The van der Waals surface area contributed by atoms with Crippen molar-refractivity contribution in [1.29, 1.82) is 0 Å². The fourth-order valence-corrected chi connectivity index (χ4v) is 3.09. The molecule has 0 spiro atoms. The molecule has 1 aromatic rings. The zero-order chi connectivity index (χ0) is 13.7. The summed E-state index contributed by atoms with van der Waals surface area (Å²) in [7, 11) is 0. The lowest BCUT2D eigenvalue weighted by Crippen LogP contribution is -2.22. The van der Waals surface area contributed by atoms with Gasteiger partial charge in [0.25, 0.3) is 0 Å². The van der Waals surface area contributed by atoms with E-state index in [9.17, 15) is 4.79 Å². The maximum Gasteiger partial charge on any atom is 0.303 e. The average molecular weight is 284 g/mol. The van der Waals surface area contributed by atoms with Gasteiger partial charge in [-0.2, -0.15) is 0 Å². The molecular formula is C13H20N2O3S. The maximum absolute atomic E-state index is 10.5. The van der Waals surface area contributed by atoms with Crippen molar-refractivity contribution in [1.82, 2.24) is 4.98 Å². The molecule has 2 atom stereocenters. The lowest BCUT2D eigenvalue weighted by molar-refractivity contribution is -0.136. The first kappa shape index (κ1) is 14.3. The van der Waals surface area contributed by atoms with E-state index in [1.807, 2.05) is 5.38 Å². The predicted octanol–water partition coefficient (Wildman–Crippen LogP) is 2.39. The number of aliphatic carboxylic acids is 1. The molecule has 1 fully saturated rings. The topological polar surface area (TPSA) is 71.5 Å². The number of carboxylic acid groups (broad SMARTS) is 1. The molecule has 0 radical (unpaired) electrons. The highest BCUT2D eigenvalue weighted by atomic mass is 32.1. The molecule has 1 aliphatic rings. The van der Waals surface area contributed by atoms with E-state index in [4.69, 9.17) is 9.84 Å². The molecule has 0 aliphatic carbocycles. The fourth-order valence-electron chi connectivity index (χ4n) is 2.33. The summed E-state index contributed by atoms with van der Waals surface area (Å²) in [5.74, 6) is -0.229. The highest BCUT2D eigenvalue weighted by molar-refractivity contribution is 7.13. The summed E-state index contributed by atoms with van der Waals surface area (Å²) >= 11 is 1.54. The van der Waals surface area contributed by atoms with Gasteiger partial charge >= 0.3 is 5.97 Å². The number of rotatable bonds is 7. The largest absolute Gasteiger partial charge is 0.481 e. The molecule has 19 heavy (non-hydrogen) atoms. The van der Waals surface area contributed by atoms with Gasteiger partial charge in [0.05, 0.1) is 18.2 Å². The van der Waals surface area contributed by atoms with Gasteiger partial charge in [-0.3, -0.25) is 4.79 Å². The Morgan fingerprint density at radius 2 is 2.53 bits per heavy atom. The van der Waals surface area contributed by atoms with E-state index in [1.165, 1.54) is 11.3 Å². The molecule has 2 unspecified atom stereocenters. The number of hydrogen-bond acceptors (Lipinski definition) is 5. The van der Waals surface area contributed by atoms with E-state index in [1.54, 1.807) is 0 Å². The van der Waals surface area contributed by atoms with Crippen LogP contribution in [0.5, 0.6) is 0 Å². The highest BCUT2D eigenvalue weighted by Gasteiger charge is 2.26. The van der Waals surface area contributed by atoms with Crippen molar-refractivity contribution in [2.75, 3.05) is 18.5 Å². The third-order valence-corrected chi connectivity index (χ3v) is 4.26. The Bertz CT molecular complexity index is 422. The van der Waals surface area contributed by atoms with Crippen molar-refractivity contribution < 1.29 is 14.6 Å². The second-order valence-electron chi connectivity index (χ2n) is 4.78. The van der Waals surface area contributed by atoms with Crippen LogP contribution >= 0.6 is 11.3 Å². The Hall–Kier alpha value is -1.14. The van der Waals surface area contributed by atoms with Gasteiger partial charge in [0.1, 0.15) is 0 Å². The van der Waals surface area contributed by atoms with Gasteiger partial charge in [0.2, 0.25) is 0 Å². The summed E-state index contributed by atoms with van der Waals surface area (Å²) < 4.78 is 5.65. The Labute approximate surface area is 117 Å². The molecule has 0 aromatic carbocycles. The summed E-state index contributed by atoms with van der Waals surface area (Å²) in [6, 6.07) is 0. The van der Waals surface area contributed by atoms with Gasteiger partial charge < -0.3 is 15.2 Å². The molecule has 1 aromatic heterocycles. The normalized spacial score (nSPS) is 22.6. The zero-order valence-electron chi connectivity index (χ0n) is 11.1. The van der Waals surface area contributed by atoms with Crippen LogP contribution < -0.4 is 5.32 Å². The van der Waals surface area contributed by atoms with Gasteiger partial charge in [-0.1, -0.05) is 6.92 Å². The number of carboxylic acids is 1. The number of aromatic nitrogens is 1. The van der Waals surface area contributed by atoms with E-state index in [2.05, 4.69) is 17.2 Å². The third kappa shape index (κ3) is 4.18. The van der Waals surface area contributed by atoms with Crippen LogP contribution in [0.4, 0.5) is 5.13 Å². The molecule has 6 heteroatoms. The standard InChI is InChI=1S/C13H20N2O3S/c1-2-11-9(5-6-18-11)7-14-13-15-10(8-19-13)3-4-12(16)17/h8-9,11H,2-7H2,1H3,(H,14,15)(H,16,17). The first-order valence-electron chi connectivity index (χ1n) is 6.70. The number of nitrogens with zero attached hydrogens (tertiary/aromatic N) is 1. The molecule has 5 nitrogen and oxygen atoms in total. The van der Waals surface area contributed by atoms with Crippen LogP contribution in [0, 0.1) is 5.92 Å². The fraction of sp³-hybridized carbons (Fsp3) is 0.692. The number of nitrogens with one attached hydrogen (secondary N) is 1. The van der Waals surface area contributed by atoms with E-state index in [-0.39, 0.29) is 6.42 Å². The molecule has 0 saturated carbocycles. The number of anilines is 1. The quantitative estimate of drug-likeness (QED) is 0.804. The number of carbonyl (C=O) groups is 1. The summed E-state index contributed by atoms with van der Waals surface area (Å²) in [6.45, 7) is 3.88. The molecule has 0 bridgehead atoms. The second-order valence-corrected chi connectivity index (χ2v) is 5.64. The van der Waals surface area contributed by atoms with Crippen molar-refractivity contribution >= 4 is 22.4 Å². The smallest absolute Gasteiger partial charge is 0.303 e. The van der Waals surface area contributed by atoms with Gasteiger partial charge in [-0.15, -0.1) is 11.3 Å². The molecular weight excluding hydrogens is 264 g/mol. The Balaban J connectivity index is 1.78. The Morgan fingerprint density at radius 1 is 1.68 bits per heavy atom. The second kappa shape index (κ2) is 6.86. The average Bonchev–Trinajstić information content (AvgIpc) is 3.02. The van der Waals surface area contributed by atoms with Crippen LogP contribution in [0.1, 0.15) is 31.9 Å². The van der Waals surface area contributed by atoms with Gasteiger partial charge in [-0.05, 0) is 12.8 Å². The lowest BCUT2D eigenvalue weighted by Gasteiger charge is -2.16. The molecule has 0 amide bonds. The van der Waals surface area contributed by atoms with Crippen LogP contribution in [0.3, 0.4) is 0 Å². The third-order valence-electron chi connectivity index (χ3n) is 3.41. The number of thiazole rings is 1. The van der Waals surface area contributed by atoms with Crippen molar-refractivity contribution in [2.24, 2.45) is 5.92 Å². The van der Waals surface area contributed by atoms with Gasteiger partial charge in [0.15, 0.2) is 5.13 Å². The lowest BCUT2D eigenvalue weighted by atomic mass is 10.00. The minimum absolute atomic E-state index is 0.136. The number of ether oxygens (including phenoxy) is 1. The summed E-state index contributed by atoms with van der Waals surface area (Å²) in [5, 5.41) is 14.8. The maximum atomic E-state index is 10.5. The van der Waals surface area contributed by atoms with E-state index >= 15 is 0 Å². The molecule has 106 valence electrons. The predicted molar refractivity (Wildman–Crippen MR) is 74.7 cm³/mol. The summed E-state index contributed by atoms with van der Waals surface area (Å²) in [5.41, 5.74) is 0.851. The Kier molecular flexibility index (Phi) is 5.15. The summed E-state index contributed by atoms with van der Waals surface area (Å²) in [4.78, 5) is 14.9.